The molecule has 1 aliphatic carbocycles. The standard InChI is InChI=1S/C22H28ClN3O2/c1-25(22(27)20-13-21(28-24-20)18-6-7-18)14-17-3-2-11-26(15-17)12-10-16-4-8-19(23)9-5-16/h4-5,8-9,13,17-18H,2-3,6-7,10-12,14-15H2,1H3/t17-/m0/s1. The van der Waals surface area contributed by atoms with Crippen LogP contribution >= 0.6 is 11.6 Å². The number of carbonyl (C=O) groups is 1. The van der Waals surface area contributed by atoms with Crippen molar-refractivity contribution in [3.05, 3.63) is 52.4 Å². The van der Waals surface area contributed by atoms with E-state index in [9.17, 15) is 4.79 Å². The highest BCUT2D eigenvalue weighted by Gasteiger charge is 2.30. The molecule has 1 atom stereocenters. The van der Waals surface area contributed by atoms with Gasteiger partial charge in [0.15, 0.2) is 5.69 Å². The molecule has 0 N–H and O–H groups in total. The molecule has 0 bridgehead atoms. The molecule has 28 heavy (non-hydrogen) atoms. The maximum absolute atomic E-state index is 12.7. The molecular weight excluding hydrogens is 374 g/mol. The van der Waals surface area contributed by atoms with Crippen molar-refractivity contribution in [2.75, 3.05) is 33.2 Å². The van der Waals surface area contributed by atoms with E-state index in [-0.39, 0.29) is 5.91 Å². The van der Waals surface area contributed by atoms with Gasteiger partial charge in [-0.25, -0.2) is 0 Å². The normalized spacial score (nSPS) is 20.3. The van der Waals surface area contributed by atoms with Crippen LogP contribution in [0.1, 0.15) is 53.4 Å². The number of likely N-dealkylation sites (tertiary alicyclic amines) is 1. The van der Waals surface area contributed by atoms with E-state index < -0.39 is 0 Å². The van der Waals surface area contributed by atoms with Gasteiger partial charge in [-0.1, -0.05) is 28.9 Å². The Balaban J connectivity index is 1.26. The van der Waals surface area contributed by atoms with E-state index in [4.69, 9.17) is 16.1 Å². The third kappa shape index (κ3) is 4.95. The van der Waals surface area contributed by atoms with Crippen molar-refractivity contribution >= 4 is 17.5 Å². The summed E-state index contributed by atoms with van der Waals surface area (Å²) >= 11 is 5.96. The van der Waals surface area contributed by atoms with Gasteiger partial charge in [0.25, 0.3) is 5.91 Å². The Morgan fingerprint density at radius 3 is 2.82 bits per heavy atom. The predicted octanol–water partition coefficient (Wildman–Crippen LogP) is 4.23. The summed E-state index contributed by atoms with van der Waals surface area (Å²) in [6, 6.07) is 9.94. The summed E-state index contributed by atoms with van der Waals surface area (Å²) in [6.07, 6.45) is 5.67. The van der Waals surface area contributed by atoms with Crippen LogP contribution in [0.15, 0.2) is 34.9 Å². The molecule has 0 radical (unpaired) electrons. The van der Waals surface area contributed by atoms with Gasteiger partial charge in [0.2, 0.25) is 0 Å². The van der Waals surface area contributed by atoms with Crippen LogP contribution in [0.5, 0.6) is 0 Å². The number of hydrogen-bond acceptors (Lipinski definition) is 4. The molecule has 6 heteroatoms. The van der Waals surface area contributed by atoms with Gasteiger partial charge in [-0.2, -0.15) is 0 Å². The molecule has 1 aliphatic heterocycles. The summed E-state index contributed by atoms with van der Waals surface area (Å²) in [5.74, 6) is 1.81. The largest absolute Gasteiger partial charge is 0.360 e. The Morgan fingerprint density at radius 1 is 1.29 bits per heavy atom. The zero-order chi connectivity index (χ0) is 19.5. The van der Waals surface area contributed by atoms with Crippen LogP contribution < -0.4 is 0 Å². The van der Waals surface area contributed by atoms with Crippen LogP contribution in [0.3, 0.4) is 0 Å². The SMILES string of the molecule is CN(C[C@@H]1CCCN(CCc2ccc(Cl)cc2)C1)C(=O)c1cc(C2CC2)on1. The molecule has 1 saturated heterocycles. The second-order valence-electron chi connectivity index (χ2n) is 8.26. The average Bonchev–Trinajstić information content (AvgIpc) is 3.44. The Hall–Kier alpha value is -1.85. The van der Waals surface area contributed by atoms with Crippen molar-refractivity contribution in [1.29, 1.82) is 0 Å². The fourth-order valence-electron chi connectivity index (χ4n) is 4.06. The van der Waals surface area contributed by atoms with Crippen LogP contribution in [0.25, 0.3) is 0 Å². The molecule has 1 amide bonds. The van der Waals surface area contributed by atoms with Gasteiger partial charge >= 0.3 is 0 Å². The number of amides is 1. The minimum atomic E-state index is -0.0334. The topological polar surface area (TPSA) is 49.6 Å². The van der Waals surface area contributed by atoms with E-state index >= 15 is 0 Å². The number of benzene rings is 1. The third-order valence-electron chi connectivity index (χ3n) is 5.84. The fourth-order valence-corrected chi connectivity index (χ4v) is 4.18. The first-order valence-electron chi connectivity index (χ1n) is 10.3. The number of piperidine rings is 1. The van der Waals surface area contributed by atoms with Crippen molar-refractivity contribution in [2.45, 2.75) is 38.0 Å². The monoisotopic (exact) mass is 401 g/mol. The lowest BCUT2D eigenvalue weighted by Gasteiger charge is -2.34. The summed E-state index contributed by atoms with van der Waals surface area (Å²) in [5, 5.41) is 4.77. The number of nitrogens with zero attached hydrogens (tertiary/aromatic N) is 3. The van der Waals surface area contributed by atoms with Crippen molar-refractivity contribution in [3.63, 3.8) is 0 Å². The van der Waals surface area contributed by atoms with Gasteiger partial charge in [-0.3, -0.25) is 4.79 Å². The summed E-state index contributed by atoms with van der Waals surface area (Å²) in [4.78, 5) is 17.0. The molecule has 0 spiro atoms. The number of carbonyl (C=O) groups excluding carboxylic acids is 1. The number of hydrogen-bond donors (Lipinski definition) is 0. The first-order valence-corrected chi connectivity index (χ1v) is 10.6. The molecule has 1 saturated carbocycles. The van der Waals surface area contributed by atoms with Crippen LogP contribution in [0, 0.1) is 5.92 Å². The molecule has 2 fully saturated rings. The lowest BCUT2D eigenvalue weighted by Crippen LogP contribution is -2.42. The molecule has 4 rings (SSSR count). The average molecular weight is 402 g/mol. The third-order valence-corrected chi connectivity index (χ3v) is 6.09. The van der Waals surface area contributed by atoms with Crippen molar-refractivity contribution in [3.8, 4) is 0 Å². The zero-order valence-electron chi connectivity index (χ0n) is 16.4. The molecule has 0 unspecified atom stereocenters. The van der Waals surface area contributed by atoms with Crippen LogP contribution in [0.2, 0.25) is 5.02 Å². The predicted molar refractivity (Wildman–Crippen MR) is 110 cm³/mol. The second kappa shape index (κ2) is 8.66. The number of halogens is 1. The van der Waals surface area contributed by atoms with E-state index in [1.807, 2.05) is 30.1 Å². The molecule has 1 aromatic heterocycles. The van der Waals surface area contributed by atoms with Crippen molar-refractivity contribution in [1.82, 2.24) is 15.0 Å². The Morgan fingerprint density at radius 2 is 2.07 bits per heavy atom. The lowest BCUT2D eigenvalue weighted by molar-refractivity contribution is 0.0720. The summed E-state index contributed by atoms with van der Waals surface area (Å²) in [6.45, 7) is 3.98. The Bertz CT molecular complexity index is 800. The van der Waals surface area contributed by atoms with Gasteiger partial charge in [0, 0.05) is 43.7 Å². The molecule has 1 aromatic carbocycles. The van der Waals surface area contributed by atoms with Gasteiger partial charge in [-0.05, 0) is 62.3 Å². The number of rotatable bonds is 7. The van der Waals surface area contributed by atoms with Crippen LogP contribution in [-0.2, 0) is 6.42 Å². The zero-order valence-corrected chi connectivity index (χ0v) is 17.2. The van der Waals surface area contributed by atoms with Gasteiger partial charge < -0.3 is 14.3 Å². The highest BCUT2D eigenvalue weighted by molar-refractivity contribution is 6.30. The van der Waals surface area contributed by atoms with Gasteiger partial charge in [0.05, 0.1) is 0 Å². The maximum Gasteiger partial charge on any atom is 0.275 e. The van der Waals surface area contributed by atoms with E-state index in [1.165, 1.54) is 18.4 Å². The van der Waals surface area contributed by atoms with Crippen LogP contribution in [-0.4, -0.2) is 54.1 Å². The first-order chi connectivity index (χ1) is 13.6. The first kappa shape index (κ1) is 19.5. The fraction of sp³-hybridized carbons (Fsp3) is 0.545. The lowest BCUT2D eigenvalue weighted by atomic mass is 9.97. The maximum atomic E-state index is 12.7. The van der Waals surface area contributed by atoms with E-state index in [1.54, 1.807) is 0 Å². The van der Waals surface area contributed by atoms with Gasteiger partial charge in [-0.15, -0.1) is 0 Å². The molecular formula is C22H28ClN3O2. The summed E-state index contributed by atoms with van der Waals surface area (Å²) in [7, 11) is 1.88. The van der Waals surface area contributed by atoms with Crippen molar-refractivity contribution < 1.29 is 9.32 Å². The minimum absolute atomic E-state index is 0.0334. The molecule has 2 aliphatic rings. The molecule has 2 aromatic rings. The highest BCUT2D eigenvalue weighted by Crippen LogP contribution is 2.40. The minimum Gasteiger partial charge on any atom is -0.360 e. The van der Waals surface area contributed by atoms with Crippen LogP contribution in [0.4, 0.5) is 0 Å². The number of aromatic nitrogens is 1. The van der Waals surface area contributed by atoms with E-state index in [0.717, 1.165) is 56.2 Å². The van der Waals surface area contributed by atoms with E-state index in [2.05, 4.69) is 22.2 Å². The Kier molecular flexibility index (Phi) is 6.02. The molecule has 2 heterocycles. The highest BCUT2D eigenvalue weighted by atomic mass is 35.5. The van der Waals surface area contributed by atoms with Gasteiger partial charge in [0.1, 0.15) is 5.76 Å². The quantitative estimate of drug-likeness (QED) is 0.696. The molecule has 5 nitrogen and oxygen atoms in total. The smallest absolute Gasteiger partial charge is 0.275 e. The Labute approximate surface area is 171 Å². The van der Waals surface area contributed by atoms with Crippen molar-refractivity contribution in [2.24, 2.45) is 5.92 Å². The summed E-state index contributed by atoms with van der Waals surface area (Å²) in [5.41, 5.74) is 1.76. The molecule has 150 valence electrons. The van der Waals surface area contributed by atoms with E-state index in [0.29, 0.717) is 17.5 Å². The summed E-state index contributed by atoms with van der Waals surface area (Å²) < 4.78 is 5.33. The second-order valence-corrected chi connectivity index (χ2v) is 8.70.